The summed E-state index contributed by atoms with van der Waals surface area (Å²) in [7, 11) is 0. The molecule has 0 saturated carbocycles. The fourth-order valence-electron chi connectivity index (χ4n) is 3.57. The van der Waals surface area contributed by atoms with E-state index in [4.69, 9.17) is 10.5 Å². The van der Waals surface area contributed by atoms with E-state index in [-0.39, 0.29) is 17.7 Å². The second kappa shape index (κ2) is 9.22. The van der Waals surface area contributed by atoms with Gasteiger partial charge in [0.2, 0.25) is 0 Å². The minimum atomic E-state index is -0.413. The van der Waals surface area contributed by atoms with Gasteiger partial charge in [0, 0.05) is 28.3 Å². The number of esters is 1. The minimum absolute atomic E-state index is 0.241. The van der Waals surface area contributed by atoms with Gasteiger partial charge in [0.1, 0.15) is 17.1 Å². The summed E-state index contributed by atoms with van der Waals surface area (Å²) in [5, 5.41) is 0. The number of fused-ring (bicyclic) bond motifs is 1. The normalized spacial score (nSPS) is 11.1. The number of carbonyl (C=O) groups is 1. The number of carbonyl (C=O) groups excluding carboxylic acids is 1. The van der Waals surface area contributed by atoms with Crippen LogP contribution in [0.4, 0.5) is 5.69 Å². The first-order valence-corrected chi connectivity index (χ1v) is 11.4. The summed E-state index contributed by atoms with van der Waals surface area (Å²) < 4.78 is 8.68. The summed E-state index contributed by atoms with van der Waals surface area (Å²) in [6.45, 7) is 3.78. The van der Waals surface area contributed by atoms with Crippen LogP contribution in [0.1, 0.15) is 25.8 Å². The van der Waals surface area contributed by atoms with Gasteiger partial charge in [0.25, 0.3) is 5.56 Å². The number of benzene rings is 2. The van der Waals surface area contributed by atoms with E-state index in [1.807, 2.05) is 19.1 Å². The number of halogens is 1. The highest BCUT2D eigenvalue weighted by molar-refractivity contribution is 14.1. The van der Waals surface area contributed by atoms with E-state index in [0.29, 0.717) is 35.8 Å². The fourth-order valence-corrected chi connectivity index (χ4v) is 4.14. The van der Waals surface area contributed by atoms with Gasteiger partial charge < -0.3 is 15.5 Å². The molecule has 4 rings (SSSR count). The Morgan fingerprint density at radius 3 is 2.52 bits per heavy atom. The molecule has 33 heavy (non-hydrogen) atoms. The number of nitrogens with zero attached hydrogens (tertiary/aromatic N) is 3. The number of nitrogens with one attached hydrogen (secondary N) is 1. The Hall–Kier alpha value is -3.41. The summed E-state index contributed by atoms with van der Waals surface area (Å²) in [5.74, 6) is 0.428. The first-order chi connectivity index (χ1) is 15.8. The summed E-state index contributed by atoms with van der Waals surface area (Å²) in [4.78, 5) is 45.1. The van der Waals surface area contributed by atoms with E-state index < -0.39 is 17.2 Å². The molecule has 9 nitrogen and oxygen atoms in total. The Morgan fingerprint density at radius 2 is 1.88 bits per heavy atom. The molecule has 0 atom stereocenters. The van der Waals surface area contributed by atoms with Gasteiger partial charge in [-0.2, -0.15) is 0 Å². The largest absolute Gasteiger partial charge is 0.427 e. The van der Waals surface area contributed by atoms with E-state index in [2.05, 4.69) is 32.6 Å². The lowest BCUT2D eigenvalue weighted by molar-refractivity contribution is -0.131. The smallest absolute Gasteiger partial charge is 0.333 e. The van der Waals surface area contributed by atoms with Crippen molar-refractivity contribution in [3.63, 3.8) is 0 Å². The van der Waals surface area contributed by atoms with Crippen LogP contribution in [0.2, 0.25) is 0 Å². The van der Waals surface area contributed by atoms with Crippen LogP contribution in [-0.4, -0.2) is 25.1 Å². The Morgan fingerprint density at radius 1 is 1.15 bits per heavy atom. The standard InChI is InChI=1S/C23H22IN5O4/c1-3-10-28-22(31)19-21(29(23(28)32)12-14-4-9-18(25)17(24)11-14)27-20(26-19)15-5-7-16(8-6-15)33-13(2)30/h4-9,11H,3,10,12,25H2,1-2H3,(H,26,27)/i24-2. The second-order valence-electron chi connectivity index (χ2n) is 7.58. The van der Waals surface area contributed by atoms with Crippen molar-refractivity contribution in [2.45, 2.75) is 33.4 Å². The van der Waals surface area contributed by atoms with Crippen LogP contribution in [0.5, 0.6) is 5.75 Å². The number of anilines is 1. The molecule has 0 unspecified atom stereocenters. The van der Waals surface area contributed by atoms with Crippen LogP contribution < -0.4 is 21.7 Å². The average molecular weight is 557 g/mol. The summed E-state index contributed by atoms with van der Waals surface area (Å²) in [6, 6.07) is 12.3. The van der Waals surface area contributed by atoms with Crippen LogP contribution in [0.15, 0.2) is 52.1 Å². The van der Waals surface area contributed by atoms with Crippen molar-refractivity contribution in [2.24, 2.45) is 0 Å². The number of H-pyrrole nitrogens is 1. The number of nitrogen functional groups attached to an aromatic ring is 1. The van der Waals surface area contributed by atoms with E-state index in [1.165, 1.54) is 16.1 Å². The van der Waals surface area contributed by atoms with Crippen molar-refractivity contribution < 1.29 is 9.53 Å². The van der Waals surface area contributed by atoms with Gasteiger partial charge in [-0.15, -0.1) is 0 Å². The van der Waals surface area contributed by atoms with Gasteiger partial charge in [0.05, 0.1) is 6.54 Å². The lowest BCUT2D eigenvalue weighted by Crippen LogP contribution is -2.40. The molecule has 0 bridgehead atoms. The number of aromatic nitrogens is 4. The minimum Gasteiger partial charge on any atom is -0.427 e. The first-order valence-electron chi connectivity index (χ1n) is 10.3. The molecular formula is C23H22IN5O4. The lowest BCUT2D eigenvalue weighted by atomic mass is 10.2. The molecular weight excluding hydrogens is 535 g/mol. The SMILES string of the molecule is CCCn1c(=O)c2[nH]c(-c3ccc(OC(C)=O)cc3)nc2n(Cc2ccc(N)c([125I])c2)c1=O. The Balaban J connectivity index is 1.86. The predicted molar refractivity (Wildman–Crippen MR) is 134 cm³/mol. The van der Waals surface area contributed by atoms with Gasteiger partial charge in [-0.05, 0) is 71.0 Å². The van der Waals surface area contributed by atoms with Gasteiger partial charge in [-0.25, -0.2) is 9.78 Å². The maximum absolute atomic E-state index is 13.2. The lowest BCUT2D eigenvalue weighted by Gasteiger charge is -2.11. The van der Waals surface area contributed by atoms with Crippen molar-refractivity contribution in [3.8, 4) is 17.1 Å². The maximum Gasteiger partial charge on any atom is 0.333 e. The zero-order chi connectivity index (χ0) is 23.7. The third-order valence-corrected chi connectivity index (χ3v) is 6.04. The molecule has 2 aromatic carbocycles. The number of rotatable bonds is 6. The monoisotopic (exact) mass is 557 g/mol. The molecule has 3 N–H and O–H groups in total. The molecule has 0 radical (unpaired) electrons. The van der Waals surface area contributed by atoms with E-state index in [1.54, 1.807) is 30.3 Å². The van der Waals surface area contributed by atoms with Crippen molar-refractivity contribution in [1.82, 2.24) is 19.1 Å². The second-order valence-corrected chi connectivity index (χ2v) is 8.75. The van der Waals surface area contributed by atoms with E-state index in [9.17, 15) is 14.4 Å². The molecule has 2 aromatic heterocycles. The number of imidazole rings is 1. The van der Waals surface area contributed by atoms with Crippen LogP contribution >= 0.6 is 22.6 Å². The van der Waals surface area contributed by atoms with Crippen LogP contribution in [-0.2, 0) is 17.9 Å². The topological polar surface area (TPSA) is 125 Å². The van der Waals surface area contributed by atoms with E-state index >= 15 is 0 Å². The highest BCUT2D eigenvalue weighted by Gasteiger charge is 2.18. The summed E-state index contributed by atoms with van der Waals surface area (Å²) in [6.07, 6.45) is 0.638. The Labute approximate surface area is 202 Å². The summed E-state index contributed by atoms with van der Waals surface area (Å²) >= 11 is 2.15. The number of nitrogens with two attached hydrogens (primary N) is 1. The summed E-state index contributed by atoms with van der Waals surface area (Å²) in [5.41, 5.74) is 7.86. The number of ether oxygens (including phenoxy) is 1. The molecule has 4 aromatic rings. The molecule has 10 heteroatoms. The fraction of sp³-hybridized carbons (Fsp3) is 0.217. The third kappa shape index (κ3) is 4.56. The van der Waals surface area contributed by atoms with Gasteiger partial charge >= 0.3 is 11.7 Å². The predicted octanol–water partition coefficient (Wildman–Crippen LogP) is 3.12. The molecule has 0 spiro atoms. The third-order valence-electron chi connectivity index (χ3n) is 5.10. The van der Waals surface area contributed by atoms with E-state index in [0.717, 1.165) is 9.13 Å². The van der Waals surface area contributed by atoms with Crippen molar-refractivity contribution >= 4 is 45.4 Å². The Bertz CT molecular complexity index is 1470. The van der Waals surface area contributed by atoms with Gasteiger partial charge in [-0.3, -0.25) is 18.7 Å². The number of hydrogen-bond donors (Lipinski definition) is 2. The number of aromatic amines is 1. The molecule has 0 aliphatic rings. The molecule has 0 aliphatic carbocycles. The zero-order valence-corrected chi connectivity index (χ0v) is 20.3. The van der Waals surface area contributed by atoms with Crippen molar-refractivity contribution in [2.75, 3.05) is 5.73 Å². The molecule has 2 heterocycles. The molecule has 0 amide bonds. The van der Waals surface area contributed by atoms with Crippen molar-refractivity contribution in [1.29, 1.82) is 0 Å². The first kappa shape index (κ1) is 22.8. The van der Waals surface area contributed by atoms with Crippen molar-refractivity contribution in [3.05, 3.63) is 72.4 Å². The van der Waals surface area contributed by atoms with Crippen LogP contribution in [0.3, 0.4) is 0 Å². The molecule has 170 valence electrons. The number of hydrogen-bond acceptors (Lipinski definition) is 6. The van der Waals surface area contributed by atoms with Gasteiger partial charge in [-0.1, -0.05) is 13.0 Å². The van der Waals surface area contributed by atoms with Crippen LogP contribution in [0, 0.1) is 3.57 Å². The molecule has 0 fully saturated rings. The molecule has 0 saturated heterocycles. The highest BCUT2D eigenvalue weighted by Crippen LogP contribution is 2.23. The van der Waals surface area contributed by atoms with Crippen LogP contribution in [0.25, 0.3) is 22.6 Å². The maximum atomic E-state index is 13.2. The van der Waals surface area contributed by atoms with Gasteiger partial charge in [0.15, 0.2) is 5.65 Å². The molecule has 0 aliphatic heterocycles. The zero-order valence-electron chi connectivity index (χ0n) is 18.1. The Kier molecular flexibility index (Phi) is 6.36. The average Bonchev–Trinajstić information content (AvgIpc) is 3.22. The quantitative estimate of drug-likeness (QED) is 0.163. The highest BCUT2D eigenvalue weighted by atomic mass is 125.